The Morgan fingerprint density at radius 1 is 1.27 bits per heavy atom. The van der Waals surface area contributed by atoms with E-state index in [2.05, 4.69) is 10.4 Å². The Hall–Kier alpha value is -2.44. The molecule has 0 unspecified atom stereocenters. The van der Waals surface area contributed by atoms with E-state index < -0.39 is 0 Å². The molecule has 0 spiro atoms. The van der Waals surface area contributed by atoms with Gasteiger partial charge in [0.1, 0.15) is 0 Å². The molecule has 26 heavy (non-hydrogen) atoms. The molecule has 1 aromatic carbocycles. The molecule has 0 aliphatic carbocycles. The molecule has 1 amide bonds. The second kappa shape index (κ2) is 7.85. The summed E-state index contributed by atoms with van der Waals surface area (Å²) in [4.78, 5) is 14.2. The smallest absolute Gasteiger partial charge is 0.261 e. The molecule has 6 heteroatoms. The van der Waals surface area contributed by atoms with Crippen molar-refractivity contribution in [2.45, 2.75) is 25.4 Å². The van der Waals surface area contributed by atoms with Crippen molar-refractivity contribution < 1.29 is 9.53 Å². The average molecular weight is 367 g/mol. The third-order valence-corrected chi connectivity index (χ3v) is 5.63. The number of para-hydroxylation sites is 1. The number of nitrogens with zero attached hydrogens (tertiary/aromatic N) is 2. The van der Waals surface area contributed by atoms with Crippen molar-refractivity contribution in [1.82, 2.24) is 15.1 Å². The SMILES string of the molecule is O=C(NCCc1cnn(-c2ccccc2)c1)c1ccc([C@H]2CCCO2)s1. The largest absolute Gasteiger partial charge is 0.373 e. The van der Waals surface area contributed by atoms with Crippen molar-refractivity contribution >= 4 is 17.2 Å². The van der Waals surface area contributed by atoms with Gasteiger partial charge in [0.2, 0.25) is 0 Å². The number of hydrogen-bond donors (Lipinski definition) is 1. The third-order valence-electron chi connectivity index (χ3n) is 4.45. The summed E-state index contributed by atoms with van der Waals surface area (Å²) in [7, 11) is 0. The lowest BCUT2D eigenvalue weighted by Gasteiger charge is -2.05. The number of carbonyl (C=O) groups is 1. The summed E-state index contributed by atoms with van der Waals surface area (Å²) >= 11 is 1.53. The van der Waals surface area contributed by atoms with Crippen molar-refractivity contribution in [2.75, 3.05) is 13.2 Å². The maximum atomic E-state index is 12.3. The zero-order valence-electron chi connectivity index (χ0n) is 14.4. The first kappa shape index (κ1) is 17.0. The number of carbonyl (C=O) groups excluding carboxylic acids is 1. The minimum absolute atomic E-state index is 0.0188. The molecule has 1 atom stereocenters. The lowest BCUT2D eigenvalue weighted by molar-refractivity contribution is 0.0958. The van der Waals surface area contributed by atoms with Crippen LogP contribution in [0.3, 0.4) is 0 Å². The van der Waals surface area contributed by atoms with Crippen LogP contribution in [0.4, 0.5) is 0 Å². The van der Waals surface area contributed by atoms with E-state index in [9.17, 15) is 4.79 Å². The van der Waals surface area contributed by atoms with E-state index in [4.69, 9.17) is 4.74 Å². The number of thiophene rings is 1. The maximum absolute atomic E-state index is 12.3. The quantitative estimate of drug-likeness (QED) is 0.722. The molecule has 3 heterocycles. The predicted octanol–water partition coefficient (Wildman–Crippen LogP) is 3.76. The van der Waals surface area contributed by atoms with Gasteiger partial charge in [0.15, 0.2) is 0 Å². The molecule has 1 N–H and O–H groups in total. The van der Waals surface area contributed by atoms with E-state index >= 15 is 0 Å². The molecule has 1 aliphatic heterocycles. The zero-order chi connectivity index (χ0) is 17.8. The van der Waals surface area contributed by atoms with Gasteiger partial charge < -0.3 is 10.1 Å². The summed E-state index contributed by atoms with van der Waals surface area (Å²) in [5.74, 6) is -0.0188. The topological polar surface area (TPSA) is 56.2 Å². The molecule has 0 bridgehead atoms. The molecule has 134 valence electrons. The predicted molar refractivity (Wildman–Crippen MR) is 102 cm³/mol. The molecule has 3 aromatic rings. The van der Waals surface area contributed by atoms with Crippen LogP contribution < -0.4 is 5.32 Å². The van der Waals surface area contributed by atoms with Gasteiger partial charge in [0, 0.05) is 24.2 Å². The molecule has 2 aromatic heterocycles. The van der Waals surface area contributed by atoms with Crippen LogP contribution in [0.25, 0.3) is 5.69 Å². The average Bonchev–Trinajstić information content (AvgIpc) is 3.42. The maximum Gasteiger partial charge on any atom is 0.261 e. The van der Waals surface area contributed by atoms with Gasteiger partial charge in [-0.2, -0.15) is 5.10 Å². The summed E-state index contributed by atoms with van der Waals surface area (Å²) in [6.45, 7) is 1.41. The highest BCUT2D eigenvalue weighted by atomic mass is 32.1. The normalized spacial score (nSPS) is 16.7. The molecule has 1 fully saturated rings. The molecular formula is C20H21N3O2S. The second-order valence-electron chi connectivity index (χ2n) is 6.34. The minimum Gasteiger partial charge on any atom is -0.373 e. The summed E-state index contributed by atoms with van der Waals surface area (Å²) in [5, 5.41) is 7.38. The van der Waals surface area contributed by atoms with Crippen molar-refractivity contribution in [1.29, 1.82) is 0 Å². The zero-order valence-corrected chi connectivity index (χ0v) is 15.2. The number of rotatable bonds is 6. The van der Waals surface area contributed by atoms with Crippen LogP contribution in [-0.2, 0) is 11.2 Å². The lowest BCUT2D eigenvalue weighted by atomic mass is 10.2. The molecule has 4 rings (SSSR count). The monoisotopic (exact) mass is 367 g/mol. The highest BCUT2D eigenvalue weighted by Gasteiger charge is 2.20. The van der Waals surface area contributed by atoms with E-state index in [1.807, 2.05) is 59.5 Å². The van der Waals surface area contributed by atoms with E-state index in [1.165, 1.54) is 11.3 Å². The van der Waals surface area contributed by atoms with Gasteiger partial charge in [0.25, 0.3) is 5.91 Å². The van der Waals surface area contributed by atoms with Gasteiger partial charge in [-0.3, -0.25) is 4.79 Å². The van der Waals surface area contributed by atoms with E-state index in [-0.39, 0.29) is 12.0 Å². The number of ether oxygens (including phenoxy) is 1. The van der Waals surface area contributed by atoms with E-state index in [0.717, 1.165) is 46.9 Å². The van der Waals surface area contributed by atoms with Crippen LogP contribution in [0.2, 0.25) is 0 Å². The molecule has 0 saturated carbocycles. The molecule has 1 saturated heterocycles. The van der Waals surface area contributed by atoms with Crippen molar-refractivity contribution in [3.63, 3.8) is 0 Å². The van der Waals surface area contributed by atoms with Gasteiger partial charge in [0.05, 0.1) is 22.9 Å². The highest BCUT2D eigenvalue weighted by Crippen LogP contribution is 2.33. The van der Waals surface area contributed by atoms with Crippen molar-refractivity contribution in [3.8, 4) is 5.69 Å². The summed E-state index contributed by atoms with van der Waals surface area (Å²) in [6, 6.07) is 13.9. The van der Waals surface area contributed by atoms with Gasteiger partial charge >= 0.3 is 0 Å². The minimum atomic E-state index is -0.0188. The number of benzene rings is 1. The van der Waals surface area contributed by atoms with E-state index in [1.54, 1.807) is 0 Å². The number of amides is 1. The summed E-state index contributed by atoms with van der Waals surface area (Å²) in [6.07, 6.45) is 6.92. The number of nitrogens with one attached hydrogen (secondary N) is 1. The van der Waals surface area contributed by atoms with Crippen molar-refractivity contribution in [2.24, 2.45) is 0 Å². The fraction of sp³-hybridized carbons (Fsp3) is 0.300. The fourth-order valence-corrected chi connectivity index (χ4v) is 4.08. The van der Waals surface area contributed by atoms with Crippen molar-refractivity contribution in [3.05, 3.63) is 70.2 Å². The first-order valence-corrected chi connectivity index (χ1v) is 9.70. The Kier molecular flexibility index (Phi) is 5.13. The molecule has 5 nitrogen and oxygen atoms in total. The van der Waals surface area contributed by atoms with Crippen LogP contribution in [-0.4, -0.2) is 28.8 Å². The van der Waals surface area contributed by atoms with Crippen LogP contribution >= 0.6 is 11.3 Å². The summed E-state index contributed by atoms with van der Waals surface area (Å²) in [5.41, 5.74) is 2.13. The van der Waals surface area contributed by atoms with Gasteiger partial charge in [-0.1, -0.05) is 18.2 Å². The van der Waals surface area contributed by atoms with Gasteiger partial charge in [-0.25, -0.2) is 4.68 Å². The summed E-state index contributed by atoms with van der Waals surface area (Å²) < 4.78 is 7.53. The molecule has 1 aliphatic rings. The van der Waals surface area contributed by atoms with E-state index in [0.29, 0.717) is 6.54 Å². The lowest BCUT2D eigenvalue weighted by Crippen LogP contribution is -2.24. The first-order valence-electron chi connectivity index (χ1n) is 8.88. The first-order chi connectivity index (χ1) is 12.8. The van der Waals surface area contributed by atoms with Crippen LogP contribution in [0.1, 0.15) is 39.1 Å². The number of hydrogen-bond acceptors (Lipinski definition) is 4. The Morgan fingerprint density at radius 3 is 2.96 bits per heavy atom. The van der Waals surface area contributed by atoms with Crippen LogP contribution in [0.5, 0.6) is 0 Å². The molecular weight excluding hydrogens is 346 g/mol. The standard InChI is InChI=1S/C20H21N3O2S/c24-20(19-9-8-18(26-19)17-7-4-12-25-17)21-11-10-15-13-22-23(14-15)16-5-2-1-3-6-16/h1-3,5-6,8-9,13-14,17H,4,7,10-12H2,(H,21,24)/t17-/m1/s1. The van der Waals surface area contributed by atoms with Gasteiger partial charge in [-0.15, -0.1) is 11.3 Å². The Labute approximate surface area is 156 Å². The Bertz CT molecular complexity index is 866. The van der Waals surface area contributed by atoms with Gasteiger partial charge in [-0.05, 0) is 49.1 Å². The molecule has 0 radical (unpaired) electrons. The fourth-order valence-electron chi connectivity index (χ4n) is 3.07. The highest BCUT2D eigenvalue weighted by molar-refractivity contribution is 7.14. The van der Waals surface area contributed by atoms with Crippen LogP contribution in [0, 0.1) is 0 Å². The Morgan fingerprint density at radius 2 is 2.15 bits per heavy atom. The van der Waals surface area contributed by atoms with Crippen LogP contribution in [0.15, 0.2) is 54.9 Å². The second-order valence-corrected chi connectivity index (χ2v) is 7.45. The third kappa shape index (κ3) is 3.86. The Balaban J connectivity index is 1.29. The number of aromatic nitrogens is 2.